The second-order valence-electron chi connectivity index (χ2n) is 5.19. The maximum Gasteiger partial charge on any atom is 0.182 e. The normalized spacial score (nSPS) is 11.3. The molecule has 6 nitrogen and oxygen atoms in total. The summed E-state index contributed by atoms with van der Waals surface area (Å²) in [6.07, 6.45) is 1.95. The largest absolute Gasteiger partial charge is 0.493 e. The Bertz CT molecular complexity index is 884. The summed E-state index contributed by atoms with van der Waals surface area (Å²) in [7, 11) is 3.19. The molecule has 0 saturated heterocycles. The molecule has 0 spiro atoms. The van der Waals surface area contributed by atoms with E-state index in [-0.39, 0.29) is 0 Å². The summed E-state index contributed by atoms with van der Waals surface area (Å²) >= 11 is 0. The Hall–Kier alpha value is -2.89. The van der Waals surface area contributed by atoms with Crippen LogP contribution in [-0.4, -0.2) is 23.6 Å². The van der Waals surface area contributed by atoms with Crippen molar-refractivity contribution >= 4 is 17.2 Å². The Morgan fingerprint density at radius 3 is 2.48 bits per heavy atom. The number of aromatic nitrogens is 2. The number of ether oxygens (including phenoxy) is 2. The van der Waals surface area contributed by atoms with Crippen LogP contribution in [0.4, 0.5) is 11.5 Å². The molecule has 2 aromatic heterocycles. The van der Waals surface area contributed by atoms with Crippen LogP contribution in [0, 0.1) is 13.8 Å². The van der Waals surface area contributed by atoms with Crippen LogP contribution >= 0.6 is 0 Å². The zero-order chi connectivity index (χ0) is 16.4. The summed E-state index contributed by atoms with van der Waals surface area (Å²) < 4.78 is 12.4. The van der Waals surface area contributed by atoms with Crippen molar-refractivity contribution in [3.63, 3.8) is 0 Å². The Kier molecular flexibility index (Phi) is 3.97. The molecule has 3 rings (SSSR count). The molecular weight excluding hydrogens is 292 g/mol. The first kappa shape index (κ1) is 15.0. The highest BCUT2D eigenvalue weighted by atomic mass is 16.5. The zero-order valence-corrected chi connectivity index (χ0v) is 13.6. The van der Waals surface area contributed by atoms with E-state index in [1.165, 1.54) is 0 Å². The lowest BCUT2D eigenvalue weighted by atomic mass is 10.3. The van der Waals surface area contributed by atoms with Gasteiger partial charge in [0.15, 0.2) is 17.3 Å². The molecular formula is C17H18N4O2. The van der Waals surface area contributed by atoms with Gasteiger partial charge in [0.05, 0.1) is 25.6 Å². The molecule has 23 heavy (non-hydrogen) atoms. The standard InChI is InChI=1S/C17H18N4O2/c1-11-7-8-21-16(9-11)18-12(2)17(21)20-19-13-5-6-14(22-3)15(10-13)23-4/h5-10H,1-4H3. The number of rotatable bonds is 4. The first-order chi connectivity index (χ1) is 11.1. The van der Waals surface area contributed by atoms with Crippen molar-refractivity contribution in [3.05, 3.63) is 47.8 Å². The van der Waals surface area contributed by atoms with Crippen LogP contribution in [0.25, 0.3) is 5.65 Å². The van der Waals surface area contributed by atoms with Gasteiger partial charge in [-0.1, -0.05) is 0 Å². The molecule has 0 aliphatic carbocycles. The van der Waals surface area contributed by atoms with Crippen LogP contribution < -0.4 is 9.47 Å². The number of azo groups is 1. The van der Waals surface area contributed by atoms with Gasteiger partial charge in [-0.3, -0.25) is 4.40 Å². The smallest absolute Gasteiger partial charge is 0.182 e. The number of aryl methyl sites for hydroxylation is 2. The number of fused-ring (bicyclic) bond motifs is 1. The van der Waals surface area contributed by atoms with E-state index in [2.05, 4.69) is 15.2 Å². The molecule has 0 radical (unpaired) electrons. The van der Waals surface area contributed by atoms with Crippen molar-refractivity contribution in [2.24, 2.45) is 10.2 Å². The first-order valence-electron chi connectivity index (χ1n) is 7.21. The number of imidazole rings is 1. The van der Waals surface area contributed by atoms with Gasteiger partial charge in [-0.25, -0.2) is 4.98 Å². The number of hydrogen-bond donors (Lipinski definition) is 0. The molecule has 0 amide bonds. The van der Waals surface area contributed by atoms with Gasteiger partial charge in [-0.05, 0) is 43.7 Å². The van der Waals surface area contributed by atoms with Crippen LogP contribution in [0.5, 0.6) is 11.5 Å². The minimum Gasteiger partial charge on any atom is -0.493 e. The van der Waals surface area contributed by atoms with Crippen LogP contribution in [0.3, 0.4) is 0 Å². The summed E-state index contributed by atoms with van der Waals surface area (Å²) in [5, 5.41) is 8.65. The highest BCUT2D eigenvalue weighted by molar-refractivity contribution is 5.54. The van der Waals surface area contributed by atoms with E-state index in [0.29, 0.717) is 17.2 Å². The van der Waals surface area contributed by atoms with Crippen molar-refractivity contribution in [2.75, 3.05) is 14.2 Å². The molecule has 3 aromatic rings. The van der Waals surface area contributed by atoms with E-state index in [4.69, 9.17) is 9.47 Å². The van der Waals surface area contributed by atoms with E-state index in [9.17, 15) is 0 Å². The van der Waals surface area contributed by atoms with Gasteiger partial charge in [0.2, 0.25) is 0 Å². The molecule has 0 N–H and O–H groups in total. The lowest BCUT2D eigenvalue weighted by Gasteiger charge is -2.06. The summed E-state index contributed by atoms with van der Waals surface area (Å²) in [5.74, 6) is 2.00. The third-order valence-corrected chi connectivity index (χ3v) is 3.55. The van der Waals surface area contributed by atoms with E-state index < -0.39 is 0 Å². The van der Waals surface area contributed by atoms with Crippen molar-refractivity contribution in [1.29, 1.82) is 0 Å². The van der Waals surface area contributed by atoms with Gasteiger partial charge in [0, 0.05) is 12.3 Å². The Balaban J connectivity index is 1.98. The fourth-order valence-corrected chi connectivity index (χ4v) is 2.36. The highest BCUT2D eigenvalue weighted by Gasteiger charge is 2.08. The van der Waals surface area contributed by atoms with Crippen molar-refractivity contribution in [2.45, 2.75) is 13.8 Å². The monoisotopic (exact) mass is 310 g/mol. The lowest BCUT2D eigenvalue weighted by Crippen LogP contribution is -1.89. The van der Waals surface area contributed by atoms with Gasteiger partial charge >= 0.3 is 0 Å². The number of pyridine rings is 1. The summed E-state index contributed by atoms with van der Waals surface area (Å²) in [6, 6.07) is 9.45. The van der Waals surface area contributed by atoms with Crippen LogP contribution in [0.2, 0.25) is 0 Å². The van der Waals surface area contributed by atoms with Crippen molar-refractivity contribution in [3.8, 4) is 11.5 Å². The number of nitrogens with zero attached hydrogens (tertiary/aromatic N) is 4. The second-order valence-corrected chi connectivity index (χ2v) is 5.19. The molecule has 0 atom stereocenters. The van der Waals surface area contributed by atoms with E-state index in [1.807, 2.05) is 42.6 Å². The highest BCUT2D eigenvalue weighted by Crippen LogP contribution is 2.32. The Morgan fingerprint density at radius 2 is 1.74 bits per heavy atom. The molecule has 2 heterocycles. The molecule has 1 aromatic carbocycles. The topological polar surface area (TPSA) is 60.5 Å². The van der Waals surface area contributed by atoms with Crippen molar-refractivity contribution in [1.82, 2.24) is 9.38 Å². The third kappa shape index (κ3) is 2.88. The van der Waals surface area contributed by atoms with Crippen LogP contribution in [0.1, 0.15) is 11.3 Å². The molecule has 0 unspecified atom stereocenters. The predicted molar refractivity (Wildman–Crippen MR) is 88.4 cm³/mol. The average Bonchev–Trinajstić information content (AvgIpc) is 2.86. The number of benzene rings is 1. The van der Waals surface area contributed by atoms with Crippen molar-refractivity contribution < 1.29 is 9.47 Å². The second kappa shape index (κ2) is 6.08. The van der Waals surface area contributed by atoms with Gasteiger partial charge in [-0.2, -0.15) is 0 Å². The lowest BCUT2D eigenvalue weighted by molar-refractivity contribution is 0.355. The van der Waals surface area contributed by atoms with Gasteiger partial charge < -0.3 is 9.47 Å². The molecule has 6 heteroatoms. The first-order valence-corrected chi connectivity index (χ1v) is 7.21. The summed E-state index contributed by atoms with van der Waals surface area (Å²) in [4.78, 5) is 4.51. The fraction of sp³-hybridized carbons (Fsp3) is 0.235. The van der Waals surface area contributed by atoms with E-state index >= 15 is 0 Å². The maximum absolute atomic E-state index is 5.28. The van der Waals surface area contributed by atoms with Crippen LogP contribution in [-0.2, 0) is 0 Å². The summed E-state index contributed by atoms with van der Waals surface area (Å²) in [5.41, 5.74) is 3.54. The molecule has 118 valence electrons. The number of hydrogen-bond acceptors (Lipinski definition) is 5. The Labute approximate surface area is 134 Å². The molecule has 0 saturated carbocycles. The van der Waals surface area contributed by atoms with E-state index in [1.54, 1.807) is 26.4 Å². The third-order valence-electron chi connectivity index (χ3n) is 3.55. The number of methoxy groups -OCH3 is 2. The maximum atomic E-state index is 5.28. The van der Waals surface area contributed by atoms with E-state index in [0.717, 1.165) is 22.7 Å². The predicted octanol–water partition coefficient (Wildman–Crippen LogP) is 4.38. The summed E-state index contributed by atoms with van der Waals surface area (Å²) in [6.45, 7) is 3.96. The van der Waals surface area contributed by atoms with Gasteiger partial charge in [0.25, 0.3) is 0 Å². The molecule has 0 fully saturated rings. The van der Waals surface area contributed by atoms with Gasteiger partial charge in [-0.15, -0.1) is 10.2 Å². The average molecular weight is 310 g/mol. The fourth-order valence-electron chi connectivity index (χ4n) is 2.36. The zero-order valence-electron chi connectivity index (χ0n) is 13.6. The quantitative estimate of drug-likeness (QED) is 0.672. The molecule has 0 aliphatic rings. The Morgan fingerprint density at radius 1 is 0.957 bits per heavy atom. The SMILES string of the molecule is COc1ccc(N=Nc2c(C)nc3cc(C)ccn23)cc1OC. The minimum atomic E-state index is 0.620. The van der Waals surface area contributed by atoms with Crippen LogP contribution in [0.15, 0.2) is 46.8 Å². The molecule has 0 aliphatic heterocycles. The minimum absolute atomic E-state index is 0.620. The van der Waals surface area contributed by atoms with Gasteiger partial charge in [0.1, 0.15) is 5.65 Å². The molecule has 0 bridgehead atoms.